The molecule has 0 spiro atoms. The molecule has 1 atom stereocenters. The van der Waals surface area contributed by atoms with E-state index in [-0.39, 0.29) is 16.1 Å². The fraction of sp³-hybridized carbons (Fsp3) is 0.200. The Bertz CT molecular complexity index is 770. The van der Waals surface area contributed by atoms with Crippen molar-refractivity contribution in [1.29, 1.82) is 0 Å². The smallest absolute Gasteiger partial charge is 0.337 e. The predicted octanol–water partition coefficient (Wildman–Crippen LogP) is 3.37. The summed E-state index contributed by atoms with van der Waals surface area (Å²) in [6.07, 6.45) is -4.72. The maximum atomic E-state index is 13.2. The monoisotopic (exact) mass is 344 g/mol. The number of aryl methyl sites for hydroxylation is 1. The third-order valence-electron chi connectivity index (χ3n) is 3.11. The van der Waals surface area contributed by atoms with Crippen LogP contribution in [0, 0.1) is 6.92 Å². The van der Waals surface area contributed by atoms with Crippen LogP contribution in [-0.2, 0) is 0 Å². The van der Waals surface area contributed by atoms with Crippen molar-refractivity contribution in [2.75, 3.05) is 0 Å². The van der Waals surface area contributed by atoms with Gasteiger partial charge >= 0.3 is 6.18 Å². The average Bonchev–Trinajstić information content (AvgIpc) is 2.44. The van der Waals surface area contributed by atoms with Crippen LogP contribution < -0.4 is 10.9 Å². The molecule has 1 heterocycles. The van der Waals surface area contributed by atoms with Gasteiger partial charge in [0.05, 0.1) is 0 Å². The van der Waals surface area contributed by atoms with Crippen molar-refractivity contribution >= 4 is 17.5 Å². The number of aromatic amines is 1. The number of hydrogen-bond donors (Lipinski definition) is 2. The summed E-state index contributed by atoms with van der Waals surface area (Å²) < 4.78 is 39.6. The number of pyridine rings is 1. The molecule has 0 aliphatic heterocycles. The van der Waals surface area contributed by atoms with Crippen molar-refractivity contribution in [2.45, 2.75) is 19.1 Å². The first kappa shape index (κ1) is 17.1. The summed E-state index contributed by atoms with van der Waals surface area (Å²) in [6, 6.07) is 5.29. The van der Waals surface area contributed by atoms with Crippen LogP contribution in [-0.4, -0.2) is 17.1 Å². The van der Waals surface area contributed by atoms with Crippen LogP contribution >= 0.6 is 11.6 Å². The first-order chi connectivity index (χ1) is 10.7. The van der Waals surface area contributed by atoms with Gasteiger partial charge in [0.2, 0.25) is 0 Å². The molecule has 0 bridgehead atoms. The van der Waals surface area contributed by atoms with Crippen LogP contribution in [0.1, 0.15) is 27.7 Å². The largest absolute Gasteiger partial charge is 0.412 e. The Morgan fingerprint density at radius 1 is 1.17 bits per heavy atom. The van der Waals surface area contributed by atoms with Crippen LogP contribution in [0.2, 0.25) is 5.02 Å². The highest BCUT2D eigenvalue weighted by atomic mass is 35.5. The van der Waals surface area contributed by atoms with E-state index < -0.39 is 23.7 Å². The van der Waals surface area contributed by atoms with Gasteiger partial charge in [0.1, 0.15) is 5.56 Å². The molecule has 23 heavy (non-hydrogen) atoms. The van der Waals surface area contributed by atoms with Gasteiger partial charge < -0.3 is 10.3 Å². The Balaban J connectivity index is 2.33. The Morgan fingerprint density at radius 3 is 2.30 bits per heavy atom. The third kappa shape index (κ3) is 4.13. The second kappa shape index (κ2) is 6.45. The standard InChI is InChI=1S/C15H12ClF3N2O2/c1-8-2-7-11(13(22)20-8)14(23)21-12(15(17,18)19)9-3-5-10(16)6-4-9/h2-7,12H,1H3,(H,20,22)(H,21,23)/t12-/m1/s1. The summed E-state index contributed by atoms with van der Waals surface area (Å²) in [6.45, 7) is 1.59. The molecule has 0 radical (unpaired) electrons. The van der Waals surface area contributed by atoms with Gasteiger partial charge in [-0.25, -0.2) is 0 Å². The molecular weight excluding hydrogens is 333 g/mol. The Morgan fingerprint density at radius 2 is 1.78 bits per heavy atom. The number of hydrogen-bond acceptors (Lipinski definition) is 2. The van der Waals surface area contributed by atoms with Crippen molar-refractivity contribution in [2.24, 2.45) is 0 Å². The summed E-state index contributed by atoms with van der Waals surface area (Å²) in [5.41, 5.74) is -0.825. The van der Waals surface area contributed by atoms with E-state index in [0.717, 1.165) is 0 Å². The minimum Gasteiger partial charge on any atom is -0.337 e. The number of nitrogens with one attached hydrogen (secondary N) is 2. The molecule has 4 nitrogen and oxygen atoms in total. The SMILES string of the molecule is Cc1ccc(C(=O)N[C@H](c2ccc(Cl)cc2)C(F)(F)F)c(=O)[nH]1. The normalized spacial score (nSPS) is 12.7. The van der Waals surface area contributed by atoms with E-state index in [4.69, 9.17) is 11.6 Å². The fourth-order valence-electron chi connectivity index (χ4n) is 1.97. The van der Waals surface area contributed by atoms with Crippen LogP contribution in [0.5, 0.6) is 0 Å². The predicted molar refractivity (Wildman–Crippen MR) is 79.5 cm³/mol. The van der Waals surface area contributed by atoms with Gasteiger partial charge in [0, 0.05) is 10.7 Å². The van der Waals surface area contributed by atoms with Crippen molar-refractivity contribution in [3.63, 3.8) is 0 Å². The highest BCUT2D eigenvalue weighted by molar-refractivity contribution is 6.30. The lowest BCUT2D eigenvalue weighted by atomic mass is 10.1. The highest BCUT2D eigenvalue weighted by Crippen LogP contribution is 2.33. The van der Waals surface area contributed by atoms with Crippen LogP contribution in [0.4, 0.5) is 13.2 Å². The zero-order valence-corrected chi connectivity index (χ0v) is 12.6. The number of H-pyrrole nitrogens is 1. The first-order valence-corrected chi connectivity index (χ1v) is 6.89. The number of rotatable bonds is 3. The molecule has 1 amide bonds. The number of carbonyl (C=O) groups is 1. The summed E-state index contributed by atoms with van der Waals surface area (Å²) >= 11 is 5.65. The van der Waals surface area contributed by atoms with Gasteiger partial charge in [-0.3, -0.25) is 9.59 Å². The lowest BCUT2D eigenvalue weighted by Gasteiger charge is -2.22. The first-order valence-electron chi connectivity index (χ1n) is 6.51. The Hall–Kier alpha value is -2.28. The lowest BCUT2D eigenvalue weighted by Crippen LogP contribution is -2.40. The van der Waals surface area contributed by atoms with Crippen LogP contribution in [0.3, 0.4) is 0 Å². The number of amides is 1. The average molecular weight is 345 g/mol. The van der Waals surface area contributed by atoms with Crippen molar-refractivity contribution in [3.8, 4) is 0 Å². The maximum absolute atomic E-state index is 13.2. The second-order valence-electron chi connectivity index (χ2n) is 4.88. The zero-order chi connectivity index (χ0) is 17.2. The van der Waals surface area contributed by atoms with Gasteiger partial charge in [-0.05, 0) is 36.8 Å². The molecule has 0 saturated carbocycles. The second-order valence-corrected chi connectivity index (χ2v) is 5.32. The quantitative estimate of drug-likeness (QED) is 0.896. The minimum atomic E-state index is -4.72. The number of carbonyl (C=O) groups excluding carboxylic acids is 1. The van der Waals surface area contributed by atoms with E-state index in [2.05, 4.69) is 4.98 Å². The van der Waals surface area contributed by atoms with E-state index in [1.165, 1.54) is 36.4 Å². The van der Waals surface area contributed by atoms with Crippen LogP contribution in [0.25, 0.3) is 0 Å². The highest BCUT2D eigenvalue weighted by Gasteiger charge is 2.42. The molecule has 0 saturated heterocycles. The number of alkyl halides is 3. The van der Waals surface area contributed by atoms with Gasteiger partial charge in [0.15, 0.2) is 6.04 Å². The molecule has 0 fully saturated rings. The van der Waals surface area contributed by atoms with Gasteiger partial charge in [-0.2, -0.15) is 13.2 Å². The molecule has 0 aliphatic carbocycles. The van der Waals surface area contributed by atoms with E-state index >= 15 is 0 Å². The summed E-state index contributed by atoms with van der Waals surface area (Å²) in [5.74, 6) is -1.11. The topological polar surface area (TPSA) is 62.0 Å². The van der Waals surface area contributed by atoms with E-state index in [9.17, 15) is 22.8 Å². The summed E-state index contributed by atoms with van der Waals surface area (Å²) in [4.78, 5) is 26.1. The fourth-order valence-corrected chi connectivity index (χ4v) is 2.10. The molecule has 2 N–H and O–H groups in total. The minimum absolute atomic E-state index is 0.182. The molecule has 122 valence electrons. The number of aromatic nitrogens is 1. The Kier molecular flexibility index (Phi) is 4.79. The molecule has 0 unspecified atom stereocenters. The van der Waals surface area contributed by atoms with Crippen LogP contribution in [0.15, 0.2) is 41.2 Å². The third-order valence-corrected chi connectivity index (χ3v) is 3.36. The molecule has 0 aliphatic rings. The van der Waals surface area contributed by atoms with E-state index in [1.54, 1.807) is 6.92 Å². The maximum Gasteiger partial charge on any atom is 0.412 e. The van der Waals surface area contributed by atoms with E-state index in [0.29, 0.717) is 5.69 Å². The van der Waals surface area contributed by atoms with Gasteiger partial charge in [-0.1, -0.05) is 23.7 Å². The summed E-state index contributed by atoms with van der Waals surface area (Å²) in [7, 11) is 0. The zero-order valence-electron chi connectivity index (χ0n) is 11.9. The van der Waals surface area contributed by atoms with E-state index in [1.807, 2.05) is 5.32 Å². The molecular formula is C15H12ClF3N2O2. The molecule has 2 aromatic rings. The molecule has 1 aromatic heterocycles. The molecule has 2 rings (SSSR count). The number of halogens is 4. The Labute approximate surface area is 134 Å². The number of benzene rings is 1. The van der Waals surface area contributed by atoms with Crippen molar-refractivity contribution in [1.82, 2.24) is 10.3 Å². The lowest BCUT2D eigenvalue weighted by molar-refractivity contribution is -0.155. The summed E-state index contributed by atoms with van der Waals surface area (Å²) in [5, 5.41) is 2.12. The molecule has 8 heteroatoms. The van der Waals surface area contributed by atoms with Crippen molar-refractivity contribution < 1.29 is 18.0 Å². The van der Waals surface area contributed by atoms with Gasteiger partial charge in [0.25, 0.3) is 11.5 Å². The van der Waals surface area contributed by atoms with Gasteiger partial charge in [-0.15, -0.1) is 0 Å². The molecule has 1 aromatic carbocycles. The van der Waals surface area contributed by atoms with Crippen molar-refractivity contribution in [3.05, 3.63) is 68.6 Å².